The van der Waals surface area contributed by atoms with Gasteiger partial charge in [0, 0.05) is 32.8 Å². The summed E-state index contributed by atoms with van der Waals surface area (Å²) in [5, 5.41) is 0. The second kappa shape index (κ2) is 20.2. The summed E-state index contributed by atoms with van der Waals surface area (Å²) in [5.74, 6) is 0.519. The third-order valence-corrected chi connectivity index (χ3v) is 9.73. The largest absolute Gasteiger partial charge is 0.489 e. The number of hydrogen-bond donors (Lipinski definition) is 1. The Hall–Kier alpha value is -4.39. The van der Waals surface area contributed by atoms with E-state index in [1.54, 1.807) is 12.1 Å². The number of amides is 1. The molecule has 1 fully saturated rings. The van der Waals surface area contributed by atoms with E-state index in [4.69, 9.17) is 19.4 Å². The summed E-state index contributed by atoms with van der Waals surface area (Å²) in [6.07, 6.45) is 1.40. The standard InChI is InChI=1S/C37H37FINO4S.C6H6FN/c1-26(2)37-40(34(25-43-37)29-11-7-4-8-12-29)36(41)31(17-22-35(44-45-39)30-15-18-32(38)19-16-30)23-27-13-20-33(21-14-27)42-24-28-9-5-3-6-10-28;7-5-1-3-6(8)4-2-5/h3-16,18-21,31,34-35H,17,22-25H2,1-2H3;1-4H,8H2. The van der Waals surface area contributed by atoms with Crippen molar-refractivity contribution in [3.05, 3.63) is 179 Å². The normalized spacial score (nSPS) is 14.8. The van der Waals surface area contributed by atoms with E-state index in [1.807, 2.05) is 104 Å². The Morgan fingerprint density at radius 3 is 2.02 bits per heavy atom. The highest BCUT2D eigenvalue weighted by Crippen LogP contribution is 2.38. The molecule has 6 rings (SSSR count). The zero-order valence-corrected chi connectivity index (χ0v) is 32.6. The molecule has 0 bridgehead atoms. The van der Waals surface area contributed by atoms with E-state index in [9.17, 15) is 13.6 Å². The molecular weight excluding hydrogens is 805 g/mol. The SMILES string of the molecule is CC(C)=C1OCC(c2ccccc2)N1C(=O)C(CCC(OSI)c1ccc(F)cc1)Cc1ccc(OCc2ccccc2)cc1.Nc1ccc(F)cc1. The number of rotatable bonds is 13. The predicted molar refractivity (Wildman–Crippen MR) is 217 cm³/mol. The third-order valence-electron chi connectivity index (χ3n) is 8.80. The zero-order chi connectivity index (χ0) is 37.6. The van der Waals surface area contributed by atoms with Gasteiger partial charge in [0.2, 0.25) is 5.91 Å². The van der Waals surface area contributed by atoms with Crippen molar-refractivity contribution in [3.63, 3.8) is 0 Å². The van der Waals surface area contributed by atoms with E-state index < -0.39 is 0 Å². The second-order valence-electron chi connectivity index (χ2n) is 12.9. The highest BCUT2D eigenvalue weighted by atomic mass is 127. The highest BCUT2D eigenvalue weighted by Gasteiger charge is 2.39. The van der Waals surface area contributed by atoms with Gasteiger partial charge in [0.15, 0.2) is 5.88 Å². The fourth-order valence-corrected chi connectivity index (χ4v) is 7.11. The number of benzene rings is 5. The van der Waals surface area contributed by atoms with Crippen LogP contribution in [0.15, 0.2) is 145 Å². The van der Waals surface area contributed by atoms with Crippen LogP contribution < -0.4 is 10.5 Å². The van der Waals surface area contributed by atoms with E-state index in [2.05, 4.69) is 21.2 Å². The molecule has 5 aromatic rings. The van der Waals surface area contributed by atoms with Crippen molar-refractivity contribution in [1.29, 1.82) is 0 Å². The first-order valence-corrected chi connectivity index (χ1v) is 20.6. The number of nitrogen functional groups attached to an aromatic ring is 1. The molecule has 2 N–H and O–H groups in total. The lowest BCUT2D eigenvalue weighted by atomic mass is 9.90. The molecule has 1 aliphatic heterocycles. The van der Waals surface area contributed by atoms with Gasteiger partial charge in [-0.1, -0.05) is 84.9 Å². The molecule has 3 unspecified atom stereocenters. The van der Waals surface area contributed by atoms with Gasteiger partial charge in [0.05, 0.1) is 21.4 Å². The van der Waals surface area contributed by atoms with Crippen LogP contribution >= 0.6 is 30.4 Å². The lowest BCUT2D eigenvalue weighted by Gasteiger charge is -2.29. The van der Waals surface area contributed by atoms with Gasteiger partial charge < -0.3 is 15.2 Å². The molecule has 0 saturated carbocycles. The van der Waals surface area contributed by atoms with Crippen LogP contribution in [0.4, 0.5) is 14.5 Å². The first kappa shape index (κ1) is 39.8. The first-order valence-electron chi connectivity index (χ1n) is 17.4. The Bertz CT molecular complexity index is 1870. The topological polar surface area (TPSA) is 74.0 Å². The maximum Gasteiger partial charge on any atom is 0.233 e. The van der Waals surface area contributed by atoms with Crippen molar-refractivity contribution in [2.24, 2.45) is 5.92 Å². The molecule has 1 aliphatic rings. The summed E-state index contributed by atoms with van der Waals surface area (Å²) >= 11 is 2.10. The van der Waals surface area contributed by atoms with Crippen LogP contribution in [-0.4, -0.2) is 17.4 Å². The van der Waals surface area contributed by atoms with Gasteiger partial charge in [0.25, 0.3) is 0 Å². The van der Waals surface area contributed by atoms with Crippen molar-refractivity contribution >= 4 is 42.0 Å². The molecule has 5 aromatic carbocycles. The van der Waals surface area contributed by atoms with E-state index in [-0.39, 0.29) is 35.6 Å². The molecule has 6 nitrogen and oxygen atoms in total. The van der Waals surface area contributed by atoms with Crippen LogP contribution in [0.3, 0.4) is 0 Å². The van der Waals surface area contributed by atoms with Crippen molar-refractivity contribution in [3.8, 4) is 5.75 Å². The number of nitrogens with two attached hydrogens (primary N) is 1. The number of halogens is 3. The van der Waals surface area contributed by atoms with Crippen LogP contribution in [0.2, 0.25) is 0 Å². The Morgan fingerprint density at radius 1 is 0.830 bits per heavy atom. The predicted octanol–water partition coefficient (Wildman–Crippen LogP) is 11.4. The third kappa shape index (κ3) is 11.8. The van der Waals surface area contributed by atoms with Crippen molar-refractivity contribution in [2.45, 2.75) is 51.9 Å². The summed E-state index contributed by atoms with van der Waals surface area (Å²) in [6, 6.07) is 40.0. The number of carbonyl (C=O) groups excluding carboxylic acids is 1. The maximum atomic E-state index is 14.6. The zero-order valence-electron chi connectivity index (χ0n) is 29.7. The fourth-order valence-electron chi connectivity index (χ4n) is 6.07. The lowest BCUT2D eigenvalue weighted by molar-refractivity contribution is -0.135. The summed E-state index contributed by atoms with van der Waals surface area (Å²) in [5.41, 5.74) is 10.9. The summed E-state index contributed by atoms with van der Waals surface area (Å²) in [7, 11) is 1.24. The van der Waals surface area contributed by atoms with Gasteiger partial charge in [-0.2, -0.15) is 0 Å². The monoisotopic (exact) mass is 848 g/mol. The Balaban J connectivity index is 0.000000599. The molecule has 1 saturated heterocycles. The van der Waals surface area contributed by atoms with E-state index in [0.717, 1.165) is 33.6 Å². The Kier molecular flexibility index (Phi) is 15.2. The van der Waals surface area contributed by atoms with Crippen molar-refractivity contribution < 1.29 is 27.2 Å². The number of hydrogen-bond acceptors (Lipinski definition) is 6. The quantitative estimate of drug-likeness (QED) is 0.0723. The molecule has 3 atom stereocenters. The molecule has 10 heteroatoms. The van der Waals surface area contributed by atoms with Crippen molar-refractivity contribution in [1.82, 2.24) is 4.90 Å². The summed E-state index contributed by atoms with van der Waals surface area (Å²) < 4.78 is 43.9. The molecule has 1 heterocycles. The van der Waals surface area contributed by atoms with Crippen LogP contribution in [0, 0.1) is 17.6 Å². The van der Waals surface area contributed by atoms with E-state index >= 15 is 0 Å². The first-order chi connectivity index (χ1) is 25.7. The van der Waals surface area contributed by atoms with Gasteiger partial charge >= 0.3 is 0 Å². The van der Waals surface area contributed by atoms with Crippen LogP contribution in [-0.2, 0) is 26.7 Å². The summed E-state index contributed by atoms with van der Waals surface area (Å²) in [6.45, 7) is 4.84. The molecule has 0 aliphatic carbocycles. The number of nitrogens with zero attached hydrogens (tertiary/aromatic N) is 1. The molecule has 53 heavy (non-hydrogen) atoms. The van der Waals surface area contributed by atoms with Gasteiger partial charge in [0.1, 0.15) is 30.6 Å². The number of carbonyl (C=O) groups is 1. The molecule has 0 radical (unpaired) electrons. The van der Waals surface area contributed by atoms with Crippen LogP contribution in [0.1, 0.15) is 61.1 Å². The molecule has 1 amide bonds. The average Bonchev–Trinajstić information content (AvgIpc) is 3.64. The number of ether oxygens (including phenoxy) is 2. The average molecular weight is 849 g/mol. The van der Waals surface area contributed by atoms with Crippen LogP contribution in [0.5, 0.6) is 5.75 Å². The summed E-state index contributed by atoms with van der Waals surface area (Å²) in [4.78, 5) is 16.5. The minimum absolute atomic E-state index is 0.0157. The number of anilines is 1. The van der Waals surface area contributed by atoms with Gasteiger partial charge in [-0.25, -0.2) is 8.78 Å². The van der Waals surface area contributed by atoms with E-state index in [0.29, 0.717) is 44.0 Å². The lowest BCUT2D eigenvalue weighted by Crippen LogP contribution is -2.37. The minimum atomic E-state index is -0.353. The molecule has 0 spiro atoms. The van der Waals surface area contributed by atoms with Crippen LogP contribution in [0.25, 0.3) is 0 Å². The fraction of sp³-hybridized carbons (Fsp3) is 0.233. The second-order valence-corrected chi connectivity index (χ2v) is 14.3. The molecular formula is C43H43F2IN2O4S. The highest BCUT2D eigenvalue weighted by molar-refractivity contribution is 14.2. The Labute approximate surface area is 327 Å². The molecule has 0 aromatic heterocycles. The minimum Gasteiger partial charge on any atom is -0.489 e. The molecule has 276 valence electrons. The smallest absolute Gasteiger partial charge is 0.233 e. The Morgan fingerprint density at radius 2 is 1.43 bits per heavy atom. The maximum absolute atomic E-state index is 14.6. The van der Waals surface area contributed by atoms with Gasteiger partial charge in [-0.15, -0.1) is 0 Å². The van der Waals surface area contributed by atoms with Crippen molar-refractivity contribution in [2.75, 3.05) is 12.3 Å². The van der Waals surface area contributed by atoms with Gasteiger partial charge in [-0.3, -0.25) is 13.9 Å². The van der Waals surface area contributed by atoms with E-state index in [1.165, 1.54) is 45.6 Å². The van der Waals surface area contributed by atoms with Gasteiger partial charge in [-0.05, 0) is 109 Å². The number of allylic oxidation sites excluding steroid dienone is 1.